The minimum absolute atomic E-state index is 0.0390. The highest BCUT2D eigenvalue weighted by atomic mass is 16.2. The van der Waals surface area contributed by atoms with Gasteiger partial charge in [-0.2, -0.15) is 0 Å². The van der Waals surface area contributed by atoms with Crippen LogP contribution >= 0.6 is 0 Å². The van der Waals surface area contributed by atoms with Gasteiger partial charge in [0.15, 0.2) is 5.78 Å². The van der Waals surface area contributed by atoms with Crippen LogP contribution in [0.5, 0.6) is 0 Å². The molecule has 4 nitrogen and oxygen atoms in total. The number of nitrogens with one attached hydrogen (secondary N) is 2. The lowest BCUT2D eigenvalue weighted by Gasteiger charge is -2.12. The lowest BCUT2D eigenvalue weighted by molar-refractivity contribution is 0.0933. The molecular formula is C15H24N2O2. The molecule has 0 fully saturated rings. The van der Waals surface area contributed by atoms with Crippen molar-refractivity contribution in [3.05, 3.63) is 23.5 Å². The maximum atomic E-state index is 11.9. The third-order valence-corrected chi connectivity index (χ3v) is 3.20. The highest BCUT2D eigenvalue weighted by Gasteiger charge is 2.12. The van der Waals surface area contributed by atoms with Crippen molar-refractivity contribution < 1.29 is 9.59 Å². The Morgan fingerprint density at radius 1 is 1.32 bits per heavy atom. The summed E-state index contributed by atoms with van der Waals surface area (Å²) in [5, 5.41) is 2.94. The second-order valence-electron chi connectivity index (χ2n) is 5.08. The first kappa shape index (κ1) is 15.5. The van der Waals surface area contributed by atoms with E-state index in [-0.39, 0.29) is 17.7 Å². The summed E-state index contributed by atoms with van der Waals surface area (Å²) in [4.78, 5) is 25.9. The molecule has 1 heterocycles. The fraction of sp³-hybridized carbons (Fsp3) is 0.600. The van der Waals surface area contributed by atoms with E-state index in [1.807, 2.05) is 6.92 Å². The Labute approximate surface area is 115 Å². The zero-order valence-corrected chi connectivity index (χ0v) is 12.1. The van der Waals surface area contributed by atoms with Crippen molar-refractivity contribution in [2.75, 3.05) is 0 Å². The number of amides is 1. The van der Waals surface area contributed by atoms with Gasteiger partial charge in [-0.15, -0.1) is 0 Å². The van der Waals surface area contributed by atoms with Crippen LogP contribution in [-0.2, 0) is 0 Å². The van der Waals surface area contributed by atoms with Crippen LogP contribution in [0.4, 0.5) is 0 Å². The van der Waals surface area contributed by atoms with Crippen LogP contribution in [0.3, 0.4) is 0 Å². The van der Waals surface area contributed by atoms with Gasteiger partial charge < -0.3 is 10.3 Å². The number of ketones is 1. The van der Waals surface area contributed by atoms with Crippen LogP contribution in [0.15, 0.2) is 12.3 Å². The maximum absolute atomic E-state index is 11.9. The molecule has 106 valence electrons. The quantitative estimate of drug-likeness (QED) is 0.559. The molecule has 0 bridgehead atoms. The number of carbonyl (C=O) groups is 2. The third-order valence-electron chi connectivity index (χ3n) is 3.20. The normalized spacial score (nSPS) is 12.2. The third kappa shape index (κ3) is 5.28. The Balaban J connectivity index is 2.38. The van der Waals surface area contributed by atoms with Crippen LogP contribution < -0.4 is 5.32 Å². The van der Waals surface area contributed by atoms with Crippen molar-refractivity contribution in [1.29, 1.82) is 0 Å². The number of hydrogen-bond donors (Lipinski definition) is 2. The molecule has 0 saturated heterocycles. The highest BCUT2D eigenvalue weighted by molar-refractivity contribution is 5.99. The predicted octanol–water partition coefficient (Wildman–Crippen LogP) is 3.31. The topological polar surface area (TPSA) is 62.0 Å². The van der Waals surface area contributed by atoms with Gasteiger partial charge in [0, 0.05) is 17.8 Å². The molecule has 0 aliphatic rings. The van der Waals surface area contributed by atoms with Crippen molar-refractivity contribution in [2.24, 2.45) is 0 Å². The lowest BCUT2D eigenvalue weighted by atomic mass is 10.1. The van der Waals surface area contributed by atoms with Gasteiger partial charge in [-0.1, -0.05) is 32.6 Å². The molecule has 0 radical (unpaired) electrons. The highest BCUT2D eigenvalue weighted by Crippen LogP contribution is 2.07. The van der Waals surface area contributed by atoms with Crippen molar-refractivity contribution >= 4 is 11.7 Å². The van der Waals surface area contributed by atoms with E-state index >= 15 is 0 Å². The van der Waals surface area contributed by atoms with Crippen LogP contribution in [0.25, 0.3) is 0 Å². The average molecular weight is 264 g/mol. The van der Waals surface area contributed by atoms with Gasteiger partial charge in [-0.05, 0) is 26.3 Å². The fourth-order valence-electron chi connectivity index (χ4n) is 1.98. The second kappa shape index (κ2) is 7.77. The Morgan fingerprint density at radius 2 is 2.05 bits per heavy atom. The first-order valence-electron chi connectivity index (χ1n) is 7.04. The van der Waals surface area contributed by atoms with E-state index in [0.717, 1.165) is 12.8 Å². The van der Waals surface area contributed by atoms with Crippen LogP contribution in [0.2, 0.25) is 0 Å². The molecule has 1 amide bonds. The number of rotatable bonds is 8. The minimum Gasteiger partial charge on any atom is -0.356 e. The van der Waals surface area contributed by atoms with Crippen molar-refractivity contribution in [3.8, 4) is 0 Å². The monoisotopic (exact) mass is 264 g/mol. The van der Waals surface area contributed by atoms with E-state index in [0.29, 0.717) is 11.3 Å². The summed E-state index contributed by atoms with van der Waals surface area (Å²) in [7, 11) is 0. The smallest absolute Gasteiger partial charge is 0.267 e. The van der Waals surface area contributed by atoms with E-state index < -0.39 is 0 Å². The lowest BCUT2D eigenvalue weighted by Crippen LogP contribution is -2.32. The van der Waals surface area contributed by atoms with E-state index in [1.54, 1.807) is 12.3 Å². The van der Waals surface area contributed by atoms with Gasteiger partial charge in [0.05, 0.1) is 0 Å². The summed E-state index contributed by atoms with van der Waals surface area (Å²) in [6.07, 6.45) is 7.39. The number of unbranched alkanes of at least 4 members (excludes halogenated alkanes) is 3. The molecule has 0 saturated carbocycles. The second-order valence-corrected chi connectivity index (χ2v) is 5.08. The van der Waals surface area contributed by atoms with E-state index in [4.69, 9.17) is 0 Å². The molecule has 1 aromatic heterocycles. The number of Topliss-reactive ketones (excluding diaryl/α,β-unsaturated/α-hetero) is 1. The largest absolute Gasteiger partial charge is 0.356 e. The van der Waals surface area contributed by atoms with Gasteiger partial charge in [0.1, 0.15) is 5.69 Å². The summed E-state index contributed by atoms with van der Waals surface area (Å²) >= 11 is 0. The van der Waals surface area contributed by atoms with Gasteiger partial charge >= 0.3 is 0 Å². The molecule has 1 atom stereocenters. The summed E-state index contributed by atoms with van der Waals surface area (Å²) < 4.78 is 0. The molecule has 1 rings (SSSR count). The number of hydrogen-bond acceptors (Lipinski definition) is 2. The van der Waals surface area contributed by atoms with Gasteiger partial charge in [0.2, 0.25) is 0 Å². The van der Waals surface area contributed by atoms with Crippen molar-refractivity contribution in [1.82, 2.24) is 10.3 Å². The SMILES string of the molecule is CCCCCCC(C)NC(=O)c1cc(C(C)=O)c[nH]1. The first-order valence-corrected chi connectivity index (χ1v) is 7.04. The summed E-state index contributed by atoms with van der Waals surface area (Å²) in [5.41, 5.74) is 0.992. The van der Waals surface area contributed by atoms with E-state index in [2.05, 4.69) is 17.2 Å². The fourth-order valence-corrected chi connectivity index (χ4v) is 1.98. The molecule has 1 aromatic rings. The van der Waals surface area contributed by atoms with Crippen LogP contribution in [0.1, 0.15) is 73.7 Å². The number of aromatic amines is 1. The molecule has 0 spiro atoms. The van der Waals surface area contributed by atoms with Gasteiger partial charge in [0.25, 0.3) is 5.91 Å². The Bertz CT molecular complexity index is 424. The standard InChI is InChI=1S/C15H24N2O2/c1-4-5-6-7-8-11(2)17-15(19)14-9-13(10-16-14)12(3)18/h9-11,16H,4-8H2,1-3H3,(H,17,19). The van der Waals surface area contributed by atoms with Gasteiger partial charge in [-0.3, -0.25) is 9.59 Å². The molecule has 0 aliphatic carbocycles. The summed E-state index contributed by atoms with van der Waals surface area (Å²) in [5.74, 6) is -0.182. The number of carbonyl (C=O) groups excluding carboxylic acids is 2. The van der Waals surface area contributed by atoms with Gasteiger partial charge in [-0.25, -0.2) is 0 Å². The van der Waals surface area contributed by atoms with Crippen LogP contribution in [-0.4, -0.2) is 22.7 Å². The summed E-state index contributed by atoms with van der Waals surface area (Å²) in [6.45, 7) is 5.68. The van der Waals surface area contributed by atoms with Crippen LogP contribution in [0, 0.1) is 0 Å². The summed E-state index contributed by atoms with van der Waals surface area (Å²) in [6, 6.07) is 1.76. The zero-order chi connectivity index (χ0) is 14.3. The Hall–Kier alpha value is -1.58. The molecule has 19 heavy (non-hydrogen) atoms. The molecular weight excluding hydrogens is 240 g/mol. The maximum Gasteiger partial charge on any atom is 0.267 e. The van der Waals surface area contributed by atoms with Crippen molar-refractivity contribution in [3.63, 3.8) is 0 Å². The molecule has 0 aliphatic heterocycles. The molecule has 4 heteroatoms. The molecule has 1 unspecified atom stereocenters. The minimum atomic E-state index is -0.143. The molecule has 2 N–H and O–H groups in total. The number of H-pyrrole nitrogens is 1. The first-order chi connectivity index (χ1) is 9.04. The zero-order valence-electron chi connectivity index (χ0n) is 12.1. The van der Waals surface area contributed by atoms with E-state index in [1.165, 1.54) is 26.2 Å². The Kier molecular flexibility index (Phi) is 6.33. The molecule has 0 aromatic carbocycles. The van der Waals surface area contributed by atoms with Crippen molar-refractivity contribution in [2.45, 2.75) is 58.9 Å². The Morgan fingerprint density at radius 3 is 2.63 bits per heavy atom. The average Bonchev–Trinajstić information content (AvgIpc) is 2.84. The predicted molar refractivity (Wildman–Crippen MR) is 76.5 cm³/mol. The van der Waals surface area contributed by atoms with E-state index in [9.17, 15) is 9.59 Å². The number of aromatic nitrogens is 1.